The second-order valence-electron chi connectivity index (χ2n) is 4.44. The van der Waals surface area contributed by atoms with Crippen LogP contribution in [0.3, 0.4) is 0 Å². The van der Waals surface area contributed by atoms with Gasteiger partial charge < -0.3 is 4.98 Å². The third-order valence-electron chi connectivity index (χ3n) is 3.20. The van der Waals surface area contributed by atoms with Crippen LogP contribution in [0.1, 0.15) is 15.9 Å². The number of hydrogen-bond acceptors (Lipinski definition) is 1. The van der Waals surface area contributed by atoms with Gasteiger partial charge in [-0.25, -0.2) is 0 Å². The van der Waals surface area contributed by atoms with Crippen molar-refractivity contribution in [3.05, 3.63) is 59.7 Å². The summed E-state index contributed by atoms with van der Waals surface area (Å²) in [4.78, 5) is 14.6. The lowest BCUT2D eigenvalue weighted by atomic mass is 10.1. The molecule has 0 bridgehead atoms. The van der Waals surface area contributed by atoms with Crippen LogP contribution in [0.25, 0.3) is 22.2 Å². The molecule has 1 N–H and O–H groups in total. The molecule has 0 aliphatic heterocycles. The van der Waals surface area contributed by atoms with Crippen LogP contribution in [0.4, 0.5) is 0 Å². The van der Waals surface area contributed by atoms with E-state index in [-0.39, 0.29) is 0 Å². The molecule has 1 aromatic heterocycles. The fourth-order valence-corrected chi connectivity index (χ4v) is 2.23. The zero-order valence-corrected chi connectivity index (χ0v) is 10.1. The van der Waals surface area contributed by atoms with Crippen LogP contribution in [0.2, 0.25) is 0 Å². The topological polar surface area (TPSA) is 32.9 Å². The molecule has 1 heterocycles. The van der Waals surface area contributed by atoms with Crippen molar-refractivity contribution in [2.45, 2.75) is 6.92 Å². The van der Waals surface area contributed by atoms with Gasteiger partial charge in [-0.2, -0.15) is 0 Å². The summed E-state index contributed by atoms with van der Waals surface area (Å²) in [5, 5.41) is 0.975. The molecule has 0 saturated heterocycles. The van der Waals surface area contributed by atoms with Crippen LogP contribution in [-0.2, 0) is 0 Å². The second-order valence-corrected chi connectivity index (χ2v) is 4.44. The van der Waals surface area contributed by atoms with E-state index >= 15 is 0 Å². The minimum atomic E-state index is 0.731. The summed E-state index contributed by atoms with van der Waals surface area (Å²) >= 11 is 0. The Morgan fingerprint density at radius 1 is 1.00 bits per heavy atom. The summed E-state index contributed by atoms with van der Waals surface area (Å²) in [6.07, 6.45) is 0.925. The van der Waals surface area contributed by atoms with Crippen molar-refractivity contribution in [1.82, 2.24) is 4.98 Å². The first-order valence-electron chi connectivity index (χ1n) is 5.92. The SMILES string of the molecule is Cc1ccc(-c2[nH]c3ccccc3c2C=O)cc1. The molecule has 0 aliphatic carbocycles. The third kappa shape index (κ3) is 1.63. The predicted octanol–water partition coefficient (Wildman–Crippen LogP) is 3.96. The zero-order valence-electron chi connectivity index (χ0n) is 10.1. The van der Waals surface area contributed by atoms with E-state index in [2.05, 4.69) is 24.0 Å². The molecular formula is C16H13NO. The quantitative estimate of drug-likeness (QED) is 0.670. The summed E-state index contributed by atoms with van der Waals surface area (Å²) < 4.78 is 0. The van der Waals surface area contributed by atoms with Crippen molar-refractivity contribution in [2.75, 3.05) is 0 Å². The average molecular weight is 235 g/mol. The first-order chi connectivity index (χ1) is 8.79. The van der Waals surface area contributed by atoms with Gasteiger partial charge in [0.25, 0.3) is 0 Å². The summed E-state index contributed by atoms with van der Waals surface area (Å²) in [7, 11) is 0. The maximum atomic E-state index is 11.3. The Hall–Kier alpha value is -2.35. The summed E-state index contributed by atoms with van der Waals surface area (Å²) in [5.41, 5.74) is 4.87. The normalized spacial score (nSPS) is 10.7. The van der Waals surface area contributed by atoms with Gasteiger partial charge in [-0.05, 0) is 18.6 Å². The lowest BCUT2D eigenvalue weighted by molar-refractivity contribution is 0.112. The number of carbonyl (C=O) groups excluding carboxylic acids is 1. The fourth-order valence-electron chi connectivity index (χ4n) is 2.23. The minimum absolute atomic E-state index is 0.731. The summed E-state index contributed by atoms with van der Waals surface area (Å²) in [5.74, 6) is 0. The van der Waals surface area contributed by atoms with Gasteiger partial charge in [-0.15, -0.1) is 0 Å². The van der Waals surface area contributed by atoms with Crippen molar-refractivity contribution in [1.29, 1.82) is 0 Å². The predicted molar refractivity (Wildman–Crippen MR) is 73.9 cm³/mol. The van der Waals surface area contributed by atoms with E-state index in [1.54, 1.807) is 0 Å². The third-order valence-corrected chi connectivity index (χ3v) is 3.20. The molecule has 0 atom stereocenters. The van der Waals surface area contributed by atoms with Crippen LogP contribution in [0, 0.1) is 6.92 Å². The number of aldehydes is 1. The summed E-state index contributed by atoms with van der Waals surface area (Å²) in [6.45, 7) is 2.05. The second kappa shape index (κ2) is 4.15. The van der Waals surface area contributed by atoms with Gasteiger partial charge in [0.05, 0.1) is 5.69 Å². The fraction of sp³-hybridized carbons (Fsp3) is 0.0625. The number of H-pyrrole nitrogens is 1. The molecule has 3 aromatic rings. The van der Waals surface area contributed by atoms with Gasteiger partial charge >= 0.3 is 0 Å². The highest BCUT2D eigenvalue weighted by Crippen LogP contribution is 2.28. The Morgan fingerprint density at radius 3 is 2.44 bits per heavy atom. The number of carbonyl (C=O) groups is 1. The monoisotopic (exact) mass is 235 g/mol. The molecule has 18 heavy (non-hydrogen) atoms. The van der Waals surface area contributed by atoms with Crippen molar-refractivity contribution < 1.29 is 4.79 Å². The molecule has 0 saturated carbocycles. The van der Waals surface area contributed by atoms with E-state index in [0.29, 0.717) is 0 Å². The molecule has 88 valence electrons. The molecule has 0 amide bonds. The van der Waals surface area contributed by atoms with E-state index in [9.17, 15) is 4.79 Å². The lowest BCUT2D eigenvalue weighted by Crippen LogP contribution is -1.84. The number of fused-ring (bicyclic) bond motifs is 1. The van der Waals surface area contributed by atoms with E-state index < -0.39 is 0 Å². The highest BCUT2D eigenvalue weighted by molar-refractivity contribution is 6.04. The number of nitrogens with one attached hydrogen (secondary N) is 1. The smallest absolute Gasteiger partial charge is 0.152 e. The number of aryl methyl sites for hydroxylation is 1. The van der Waals surface area contributed by atoms with E-state index in [1.165, 1.54) is 5.56 Å². The van der Waals surface area contributed by atoms with Crippen molar-refractivity contribution in [3.8, 4) is 11.3 Å². The first-order valence-corrected chi connectivity index (χ1v) is 5.92. The number of benzene rings is 2. The average Bonchev–Trinajstić information content (AvgIpc) is 2.78. The highest BCUT2D eigenvalue weighted by Gasteiger charge is 2.11. The number of para-hydroxylation sites is 1. The van der Waals surface area contributed by atoms with E-state index in [1.807, 2.05) is 36.4 Å². The Bertz CT molecular complexity index is 708. The van der Waals surface area contributed by atoms with Crippen LogP contribution in [0.15, 0.2) is 48.5 Å². The zero-order chi connectivity index (χ0) is 12.5. The molecule has 0 radical (unpaired) electrons. The maximum absolute atomic E-state index is 11.3. The molecule has 2 heteroatoms. The standard InChI is InChI=1S/C16H13NO/c1-11-6-8-12(9-7-11)16-14(10-18)13-4-2-3-5-15(13)17-16/h2-10,17H,1H3. The molecular weight excluding hydrogens is 222 g/mol. The van der Waals surface area contributed by atoms with Gasteiger partial charge in [0, 0.05) is 16.5 Å². The van der Waals surface area contributed by atoms with Gasteiger partial charge in [0.1, 0.15) is 0 Å². The van der Waals surface area contributed by atoms with Crippen molar-refractivity contribution >= 4 is 17.2 Å². The number of hydrogen-bond donors (Lipinski definition) is 1. The number of aromatic nitrogens is 1. The Balaban J connectivity index is 2.28. The Labute approximate surface area is 105 Å². The van der Waals surface area contributed by atoms with Crippen molar-refractivity contribution in [2.24, 2.45) is 0 Å². The molecule has 0 unspecified atom stereocenters. The Morgan fingerprint density at radius 2 is 1.72 bits per heavy atom. The van der Waals surface area contributed by atoms with Crippen LogP contribution >= 0.6 is 0 Å². The molecule has 0 aliphatic rings. The molecule has 0 fully saturated rings. The Kier molecular flexibility index (Phi) is 2.49. The molecule has 2 aromatic carbocycles. The molecule has 0 spiro atoms. The number of aromatic amines is 1. The number of rotatable bonds is 2. The maximum Gasteiger partial charge on any atom is 0.152 e. The lowest BCUT2D eigenvalue weighted by Gasteiger charge is -2.00. The van der Waals surface area contributed by atoms with Gasteiger partial charge in [-0.3, -0.25) is 4.79 Å². The highest BCUT2D eigenvalue weighted by atomic mass is 16.1. The first kappa shape index (κ1) is 10.8. The van der Waals surface area contributed by atoms with E-state index in [0.717, 1.165) is 34.0 Å². The van der Waals surface area contributed by atoms with Gasteiger partial charge in [-0.1, -0.05) is 48.0 Å². The summed E-state index contributed by atoms with van der Waals surface area (Å²) in [6, 6.07) is 16.0. The molecule has 2 nitrogen and oxygen atoms in total. The van der Waals surface area contributed by atoms with Crippen LogP contribution in [0.5, 0.6) is 0 Å². The van der Waals surface area contributed by atoms with E-state index in [4.69, 9.17) is 0 Å². The minimum Gasteiger partial charge on any atom is -0.354 e. The van der Waals surface area contributed by atoms with Crippen LogP contribution in [-0.4, -0.2) is 11.3 Å². The molecule has 3 rings (SSSR count). The van der Waals surface area contributed by atoms with Crippen molar-refractivity contribution in [3.63, 3.8) is 0 Å². The van der Waals surface area contributed by atoms with Gasteiger partial charge in [0.2, 0.25) is 0 Å². The van der Waals surface area contributed by atoms with Crippen LogP contribution < -0.4 is 0 Å². The largest absolute Gasteiger partial charge is 0.354 e. The van der Waals surface area contributed by atoms with Gasteiger partial charge in [0.15, 0.2) is 6.29 Å².